The highest BCUT2D eigenvalue weighted by Crippen LogP contribution is 2.08. The highest BCUT2D eigenvalue weighted by molar-refractivity contribution is 7.85. The van der Waals surface area contributed by atoms with Crippen molar-refractivity contribution in [1.29, 1.82) is 0 Å². The molecule has 0 bridgehead atoms. The van der Waals surface area contributed by atoms with Crippen LogP contribution in [0.25, 0.3) is 0 Å². The summed E-state index contributed by atoms with van der Waals surface area (Å²) in [6.45, 7) is 1.52. The zero-order chi connectivity index (χ0) is 11.3. The first-order valence-corrected chi connectivity index (χ1v) is 6.02. The van der Waals surface area contributed by atoms with Gasteiger partial charge in [-0.3, -0.25) is 4.18 Å². The Kier molecular flexibility index (Phi) is 3.89. The van der Waals surface area contributed by atoms with Gasteiger partial charge in [0.05, 0.1) is 0 Å². The van der Waals surface area contributed by atoms with E-state index in [1.165, 1.54) is 6.92 Å². The van der Waals surface area contributed by atoms with Gasteiger partial charge in [-0.15, -0.1) is 6.42 Å². The molecule has 0 heterocycles. The van der Waals surface area contributed by atoms with Crippen LogP contribution in [0.4, 0.5) is 0 Å². The first-order valence-electron chi connectivity index (χ1n) is 4.44. The molecule has 3 nitrogen and oxygen atoms in total. The Labute approximate surface area is 90.2 Å². The largest absolute Gasteiger partial charge is 0.272 e. The minimum absolute atomic E-state index is 0.153. The van der Waals surface area contributed by atoms with Crippen LogP contribution < -0.4 is 0 Å². The molecule has 0 aliphatic carbocycles. The molecule has 1 aromatic rings. The van der Waals surface area contributed by atoms with Crippen molar-refractivity contribution >= 4 is 10.1 Å². The van der Waals surface area contributed by atoms with E-state index < -0.39 is 16.2 Å². The van der Waals surface area contributed by atoms with E-state index in [2.05, 4.69) is 5.92 Å². The molecule has 0 spiro atoms. The summed E-state index contributed by atoms with van der Waals surface area (Å²) < 4.78 is 27.6. The standard InChI is InChI=1S/C11H12O3S/c1-3-10(2)14-15(12,13)9-11-7-5-4-6-8-11/h1,4-8,10H,9H2,2H3. The van der Waals surface area contributed by atoms with E-state index in [9.17, 15) is 8.42 Å². The highest BCUT2D eigenvalue weighted by Gasteiger charge is 2.15. The van der Waals surface area contributed by atoms with Crippen LogP contribution in [-0.2, 0) is 20.1 Å². The van der Waals surface area contributed by atoms with Crippen molar-refractivity contribution in [2.75, 3.05) is 0 Å². The summed E-state index contributed by atoms with van der Waals surface area (Å²) in [4.78, 5) is 0. The van der Waals surface area contributed by atoms with Crippen molar-refractivity contribution in [3.8, 4) is 12.3 Å². The molecule has 0 aliphatic heterocycles. The van der Waals surface area contributed by atoms with E-state index in [-0.39, 0.29) is 5.75 Å². The Hall–Kier alpha value is -1.31. The molecule has 1 unspecified atom stereocenters. The van der Waals surface area contributed by atoms with Crippen molar-refractivity contribution < 1.29 is 12.6 Å². The molecule has 0 aliphatic rings. The third kappa shape index (κ3) is 4.15. The van der Waals surface area contributed by atoms with Crippen molar-refractivity contribution in [3.05, 3.63) is 35.9 Å². The fourth-order valence-electron chi connectivity index (χ4n) is 1.06. The molecule has 1 aromatic carbocycles. The molecule has 0 radical (unpaired) electrons. The van der Waals surface area contributed by atoms with Gasteiger partial charge >= 0.3 is 0 Å². The third-order valence-corrected chi connectivity index (χ3v) is 2.98. The SMILES string of the molecule is C#CC(C)OS(=O)(=O)Cc1ccccc1. The summed E-state index contributed by atoms with van der Waals surface area (Å²) in [5, 5.41) is 0. The van der Waals surface area contributed by atoms with Gasteiger partial charge in [-0.1, -0.05) is 36.3 Å². The minimum Gasteiger partial charge on any atom is -0.254 e. The molecular formula is C11H12O3S. The minimum atomic E-state index is -3.59. The van der Waals surface area contributed by atoms with E-state index in [0.717, 1.165) is 0 Å². The lowest BCUT2D eigenvalue weighted by molar-refractivity contribution is 0.283. The number of terminal acetylenes is 1. The molecule has 0 aromatic heterocycles. The zero-order valence-electron chi connectivity index (χ0n) is 8.38. The monoisotopic (exact) mass is 224 g/mol. The number of hydrogen-bond donors (Lipinski definition) is 0. The molecule has 15 heavy (non-hydrogen) atoms. The first-order chi connectivity index (χ1) is 7.03. The summed E-state index contributed by atoms with van der Waals surface area (Å²) in [5.41, 5.74) is 0.682. The topological polar surface area (TPSA) is 43.4 Å². The smallest absolute Gasteiger partial charge is 0.254 e. The molecule has 0 saturated carbocycles. The second-order valence-corrected chi connectivity index (χ2v) is 4.69. The molecule has 1 atom stereocenters. The fourth-order valence-corrected chi connectivity index (χ4v) is 2.22. The van der Waals surface area contributed by atoms with Crippen LogP contribution in [0, 0.1) is 12.3 Å². The maximum atomic E-state index is 11.5. The van der Waals surface area contributed by atoms with Gasteiger partial charge in [0, 0.05) is 0 Å². The number of benzene rings is 1. The quantitative estimate of drug-likeness (QED) is 0.575. The number of hydrogen-bond acceptors (Lipinski definition) is 3. The molecular weight excluding hydrogens is 212 g/mol. The van der Waals surface area contributed by atoms with Crippen LogP contribution in [0.2, 0.25) is 0 Å². The second-order valence-electron chi connectivity index (χ2n) is 3.09. The van der Waals surface area contributed by atoms with Gasteiger partial charge in [-0.05, 0) is 12.5 Å². The molecule has 0 N–H and O–H groups in total. The van der Waals surface area contributed by atoms with Crippen LogP contribution >= 0.6 is 0 Å². The van der Waals surface area contributed by atoms with Crippen molar-refractivity contribution in [3.63, 3.8) is 0 Å². The van der Waals surface area contributed by atoms with Gasteiger partial charge in [-0.2, -0.15) is 8.42 Å². The zero-order valence-corrected chi connectivity index (χ0v) is 9.20. The van der Waals surface area contributed by atoms with Crippen LogP contribution in [-0.4, -0.2) is 14.5 Å². The predicted octanol–water partition coefficient (Wildman–Crippen LogP) is 1.55. The lowest BCUT2D eigenvalue weighted by atomic mass is 10.2. The van der Waals surface area contributed by atoms with E-state index >= 15 is 0 Å². The van der Waals surface area contributed by atoms with Gasteiger partial charge in [-0.25, -0.2) is 0 Å². The molecule has 80 valence electrons. The average Bonchev–Trinajstić information content (AvgIpc) is 2.17. The van der Waals surface area contributed by atoms with E-state index in [4.69, 9.17) is 10.6 Å². The lowest BCUT2D eigenvalue weighted by Gasteiger charge is -2.07. The van der Waals surface area contributed by atoms with Gasteiger partial charge in [0.25, 0.3) is 10.1 Å². The van der Waals surface area contributed by atoms with Gasteiger partial charge in [0.1, 0.15) is 11.9 Å². The van der Waals surface area contributed by atoms with Gasteiger partial charge in [0.2, 0.25) is 0 Å². The number of rotatable bonds is 4. The Morgan fingerprint density at radius 2 is 2.00 bits per heavy atom. The Morgan fingerprint density at radius 3 is 2.53 bits per heavy atom. The first kappa shape index (κ1) is 11.8. The fraction of sp³-hybridized carbons (Fsp3) is 0.273. The molecule has 1 rings (SSSR count). The van der Waals surface area contributed by atoms with Crippen LogP contribution in [0.1, 0.15) is 12.5 Å². The summed E-state index contributed by atoms with van der Waals surface area (Å²) in [6.07, 6.45) is 4.31. The summed E-state index contributed by atoms with van der Waals surface area (Å²) in [5.74, 6) is 2.05. The summed E-state index contributed by atoms with van der Waals surface area (Å²) in [7, 11) is -3.59. The Morgan fingerprint density at radius 1 is 1.40 bits per heavy atom. The molecule has 0 fully saturated rings. The van der Waals surface area contributed by atoms with Gasteiger partial charge < -0.3 is 0 Å². The lowest BCUT2D eigenvalue weighted by Crippen LogP contribution is -2.15. The van der Waals surface area contributed by atoms with E-state index in [0.29, 0.717) is 5.56 Å². The summed E-state index contributed by atoms with van der Waals surface area (Å²) in [6, 6.07) is 8.81. The van der Waals surface area contributed by atoms with Crippen molar-refractivity contribution in [1.82, 2.24) is 0 Å². The average molecular weight is 224 g/mol. The predicted molar refractivity (Wildman–Crippen MR) is 58.4 cm³/mol. The normalized spacial score (nSPS) is 13.1. The molecule has 0 amide bonds. The van der Waals surface area contributed by atoms with Crippen LogP contribution in [0.3, 0.4) is 0 Å². The maximum Gasteiger partial charge on any atom is 0.272 e. The van der Waals surface area contributed by atoms with Crippen molar-refractivity contribution in [2.24, 2.45) is 0 Å². The molecule has 0 saturated heterocycles. The second kappa shape index (κ2) is 4.96. The third-order valence-electron chi connectivity index (χ3n) is 1.71. The Bertz CT molecular complexity index is 442. The Balaban J connectivity index is 2.71. The van der Waals surface area contributed by atoms with Crippen molar-refractivity contribution in [2.45, 2.75) is 18.8 Å². The highest BCUT2D eigenvalue weighted by atomic mass is 32.2. The van der Waals surface area contributed by atoms with Crippen LogP contribution in [0.5, 0.6) is 0 Å². The molecule has 4 heteroatoms. The maximum absolute atomic E-state index is 11.5. The van der Waals surface area contributed by atoms with Gasteiger partial charge in [0.15, 0.2) is 0 Å². The summed E-state index contributed by atoms with van der Waals surface area (Å²) >= 11 is 0. The van der Waals surface area contributed by atoms with E-state index in [1.807, 2.05) is 6.07 Å². The van der Waals surface area contributed by atoms with Crippen LogP contribution in [0.15, 0.2) is 30.3 Å². The van der Waals surface area contributed by atoms with E-state index in [1.54, 1.807) is 24.3 Å².